The molecule has 1 aliphatic rings. The second kappa shape index (κ2) is 2.98. The van der Waals surface area contributed by atoms with Crippen LogP contribution in [0.4, 0.5) is 0 Å². The number of rotatable bonds is 0. The van der Waals surface area contributed by atoms with Crippen molar-refractivity contribution in [2.75, 3.05) is 0 Å². The van der Waals surface area contributed by atoms with Crippen LogP contribution >= 0.6 is 0 Å². The second-order valence-electron chi connectivity index (χ2n) is 1.50. The van der Waals surface area contributed by atoms with E-state index in [1.165, 1.54) is 0 Å². The zero-order valence-electron chi connectivity index (χ0n) is 4.59. The van der Waals surface area contributed by atoms with E-state index in [9.17, 15) is 0 Å². The van der Waals surface area contributed by atoms with Gasteiger partial charge in [-0.25, -0.2) is 0 Å². The zero-order valence-corrected chi connectivity index (χ0v) is 4.59. The fourth-order valence-electron chi connectivity index (χ4n) is 0.491. The lowest BCUT2D eigenvalue weighted by Gasteiger charge is -1.73. The zero-order chi connectivity index (χ0) is 5.66. The van der Waals surface area contributed by atoms with Gasteiger partial charge >= 0.3 is 0 Å². The summed E-state index contributed by atoms with van der Waals surface area (Å²) in [5.74, 6) is 5.82. The quantitative estimate of drug-likeness (QED) is 0.323. The third kappa shape index (κ3) is 1.57. The Kier molecular flexibility index (Phi) is 1.89. The van der Waals surface area contributed by atoms with Gasteiger partial charge in [-0.15, -0.1) is 0 Å². The maximum atomic E-state index is 2.94. The van der Waals surface area contributed by atoms with E-state index in [0.29, 0.717) is 0 Å². The summed E-state index contributed by atoms with van der Waals surface area (Å²) in [6, 6.07) is 0. The summed E-state index contributed by atoms with van der Waals surface area (Å²) in [6.07, 6.45) is 10.7. The molecular formula is C8H7+. The van der Waals surface area contributed by atoms with Crippen LogP contribution in [0.1, 0.15) is 6.42 Å². The molecule has 0 amide bonds. The van der Waals surface area contributed by atoms with Crippen LogP contribution in [0.5, 0.6) is 0 Å². The molecule has 0 aromatic rings. The molecule has 0 nitrogen and oxygen atoms in total. The molecule has 8 heavy (non-hydrogen) atoms. The Morgan fingerprint density at radius 2 is 2.38 bits per heavy atom. The Morgan fingerprint density at radius 3 is 3.38 bits per heavy atom. The summed E-state index contributed by atoms with van der Waals surface area (Å²) in [7, 11) is 0. The molecule has 0 fully saturated rings. The lowest BCUT2D eigenvalue weighted by molar-refractivity contribution is 1.45. The van der Waals surface area contributed by atoms with Gasteiger partial charge in [-0.3, -0.25) is 0 Å². The fraction of sp³-hybridized carbons (Fsp3) is 0.125. The third-order valence-electron chi connectivity index (χ3n) is 0.860. The normalized spacial score (nSPS) is 15.0. The van der Waals surface area contributed by atoms with Crippen LogP contribution in [0.25, 0.3) is 0 Å². The molecule has 0 radical (unpaired) electrons. The number of hydrogen-bond acceptors (Lipinski definition) is 0. The van der Waals surface area contributed by atoms with Gasteiger partial charge in [0.05, 0.1) is 18.6 Å². The highest BCUT2D eigenvalue weighted by atomic mass is 13.8. The summed E-state index contributed by atoms with van der Waals surface area (Å²) < 4.78 is 0. The molecule has 0 N–H and O–H groups in total. The molecule has 1 rings (SSSR count). The van der Waals surface area contributed by atoms with Crippen molar-refractivity contribution in [3.8, 4) is 11.8 Å². The molecule has 0 heterocycles. The maximum absolute atomic E-state index is 2.94. The van der Waals surface area contributed by atoms with Crippen molar-refractivity contribution in [2.24, 2.45) is 0 Å². The smallest absolute Gasteiger partial charge is 0.0653 e. The average molecular weight is 103 g/mol. The van der Waals surface area contributed by atoms with Crippen LogP contribution in [0.15, 0.2) is 24.3 Å². The molecule has 0 saturated heterocycles. The Bertz CT molecular complexity index is 162. The first-order chi connectivity index (χ1) is 4.00. The van der Waals surface area contributed by atoms with Crippen molar-refractivity contribution in [1.29, 1.82) is 0 Å². The van der Waals surface area contributed by atoms with Crippen molar-refractivity contribution < 1.29 is 0 Å². The molecule has 0 saturated carbocycles. The van der Waals surface area contributed by atoms with E-state index in [1.54, 1.807) is 0 Å². The van der Waals surface area contributed by atoms with Crippen molar-refractivity contribution in [3.63, 3.8) is 0 Å². The van der Waals surface area contributed by atoms with Gasteiger partial charge in [-0.2, -0.15) is 0 Å². The molecule has 38 valence electrons. The molecule has 0 aromatic heterocycles. The van der Waals surface area contributed by atoms with Crippen LogP contribution in [-0.4, -0.2) is 0 Å². The van der Waals surface area contributed by atoms with E-state index in [-0.39, 0.29) is 0 Å². The van der Waals surface area contributed by atoms with Crippen molar-refractivity contribution in [1.82, 2.24) is 0 Å². The minimum absolute atomic E-state index is 0.876. The first-order valence-electron chi connectivity index (χ1n) is 2.63. The van der Waals surface area contributed by atoms with E-state index in [4.69, 9.17) is 0 Å². The number of hydrogen-bond donors (Lipinski definition) is 0. The maximum Gasteiger partial charge on any atom is 0.0770 e. The van der Waals surface area contributed by atoms with Crippen LogP contribution in [0.3, 0.4) is 0 Å². The van der Waals surface area contributed by atoms with Crippen molar-refractivity contribution in [3.05, 3.63) is 30.7 Å². The van der Waals surface area contributed by atoms with Gasteiger partial charge in [0.1, 0.15) is 0 Å². The molecule has 0 unspecified atom stereocenters. The van der Waals surface area contributed by atoms with E-state index < -0.39 is 0 Å². The Hall–Kier alpha value is -1.09. The highest BCUT2D eigenvalue weighted by Crippen LogP contribution is 1.89. The van der Waals surface area contributed by atoms with E-state index >= 15 is 0 Å². The van der Waals surface area contributed by atoms with Crippen LogP contribution in [0.2, 0.25) is 0 Å². The highest BCUT2D eigenvalue weighted by Gasteiger charge is 1.80. The predicted octanol–water partition coefficient (Wildman–Crippen LogP) is 1.71. The van der Waals surface area contributed by atoms with E-state index in [1.807, 2.05) is 30.7 Å². The monoisotopic (exact) mass is 103 g/mol. The van der Waals surface area contributed by atoms with Crippen LogP contribution < -0.4 is 0 Å². The number of allylic oxidation sites excluding steroid dienone is 4. The van der Waals surface area contributed by atoms with Crippen LogP contribution in [0, 0.1) is 18.3 Å². The van der Waals surface area contributed by atoms with Gasteiger partial charge in [0.15, 0.2) is 0 Å². The molecule has 0 heteroatoms. The second-order valence-corrected chi connectivity index (χ2v) is 1.50. The van der Waals surface area contributed by atoms with Gasteiger partial charge in [0.25, 0.3) is 0 Å². The Balaban J connectivity index is 2.59. The Morgan fingerprint density at radius 1 is 1.38 bits per heavy atom. The molecule has 0 bridgehead atoms. The molecule has 0 aliphatic heterocycles. The average Bonchev–Trinajstić information content (AvgIpc) is 1.62. The topological polar surface area (TPSA) is 0 Å². The summed E-state index contributed by atoms with van der Waals surface area (Å²) in [5, 5.41) is 0. The Labute approximate surface area is 49.9 Å². The van der Waals surface area contributed by atoms with Gasteiger partial charge in [-0.1, -0.05) is 5.92 Å². The standard InChI is InChI=1S/C8H7/c1-2-4-6-8-7-5-3-1/h1-5H,6H2/q+1. The van der Waals surface area contributed by atoms with E-state index in [0.717, 1.165) is 6.42 Å². The molecule has 0 aromatic carbocycles. The first-order valence-corrected chi connectivity index (χ1v) is 2.63. The summed E-state index contributed by atoms with van der Waals surface area (Å²) >= 11 is 0. The lowest BCUT2D eigenvalue weighted by Crippen LogP contribution is -1.65. The predicted molar refractivity (Wildman–Crippen MR) is 35.0 cm³/mol. The fourth-order valence-corrected chi connectivity index (χ4v) is 0.491. The van der Waals surface area contributed by atoms with Crippen molar-refractivity contribution >= 4 is 0 Å². The summed E-state index contributed by atoms with van der Waals surface area (Å²) in [6.45, 7) is 0. The summed E-state index contributed by atoms with van der Waals surface area (Å²) in [5.41, 5.74) is 0. The first kappa shape index (κ1) is 5.05. The molecule has 0 spiro atoms. The summed E-state index contributed by atoms with van der Waals surface area (Å²) in [4.78, 5) is 0. The molecule has 0 atom stereocenters. The van der Waals surface area contributed by atoms with Crippen LogP contribution in [-0.2, 0) is 0 Å². The molecule has 1 aliphatic carbocycles. The third-order valence-corrected chi connectivity index (χ3v) is 0.860. The van der Waals surface area contributed by atoms with Gasteiger partial charge in [-0.05, 0) is 5.92 Å². The van der Waals surface area contributed by atoms with Crippen molar-refractivity contribution in [2.45, 2.75) is 6.42 Å². The van der Waals surface area contributed by atoms with Gasteiger partial charge in [0, 0.05) is 18.6 Å². The van der Waals surface area contributed by atoms with E-state index in [2.05, 4.69) is 11.8 Å². The highest BCUT2D eigenvalue weighted by molar-refractivity contribution is 5.24. The SMILES string of the molecule is C1#CCC=C[CH+]C=C1. The lowest BCUT2D eigenvalue weighted by atomic mass is 10.2. The van der Waals surface area contributed by atoms with Gasteiger partial charge in [0.2, 0.25) is 0 Å². The minimum atomic E-state index is 0.876. The largest absolute Gasteiger partial charge is 0.0770 e. The van der Waals surface area contributed by atoms with Gasteiger partial charge < -0.3 is 0 Å². The minimum Gasteiger partial charge on any atom is -0.0653 e. The molecular weight excluding hydrogens is 96.1 g/mol.